The first kappa shape index (κ1) is 13.0. The minimum atomic E-state index is 0.705. The zero-order valence-corrected chi connectivity index (χ0v) is 11.9. The number of benzene rings is 1. The normalized spacial score (nSPS) is 10.7. The highest BCUT2D eigenvalue weighted by Crippen LogP contribution is 2.34. The number of anilines is 1. The van der Waals surface area contributed by atoms with Crippen molar-refractivity contribution in [2.24, 2.45) is 0 Å². The predicted molar refractivity (Wildman–Crippen MR) is 76.9 cm³/mol. The second kappa shape index (κ2) is 5.02. The maximum atomic E-state index is 6.20. The zero-order chi connectivity index (χ0) is 13.3. The van der Waals surface area contributed by atoms with Crippen LogP contribution in [0.4, 0.5) is 5.82 Å². The van der Waals surface area contributed by atoms with Crippen molar-refractivity contribution in [2.45, 2.75) is 20.8 Å². The average molecular weight is 265 g/mol. The molecule has 0 fully saturated rings. The highest BCUT2D eigenvalue weighted by molar-refractivity contribution is 6.32. The molecule has 0 amide bonds. The first-order valence-corrected chi connectivity index (χ1v) is 6.34. The molecule has 3 nitrogen and oxygen atoms in total. The smallest absolute Gasteiger partial charge is 0.146 e. The van der Waals surface area contributed by atoms with E-state index in [9.17, 15) is 0 Å². The van der Waals surface area contributed by atoms with Crippen molar-refractivity contribution in [3.8, 4) is 5.75 Å². The third-order valence-electron chi connectivity index (χ3n) is 3.03. The minimum absolute atomic E-state index is 0.705. The Morgan fingerprint density at radius 3 is 2.67 bits per heavy atom. The Labute approximate surface area is 112 Å². The van der Waals surface area contributed by atoms with Crippen LogP contribution in [0.5, 0.6) is 5.75 Å². The molecule has 0 aliphatic rings. The van der Waals surface area contributed by atoms with E-state index in [1.807, 2.05) is 19.9 Å². The van der Waals surface area contributed by atoms with E-state index in [-0.39, 0.29) is 0 Å². The molecule has 96 valence electrons. The Bertz CT molecular complexity index is 596. The number of nitrogens with one attached hydrogen (secondary N) is 1. The summed E-state index contributed by atoms with van der Waals surface area (Å²) in [6.07, 6.45) is 0. The molecule has 0 saturated heterocycles. The van der Waals surface area contributed by atoms with Crippen LogP contribution in [0.2, 0.25) is 5.02 Å². The van der Waals surface area contributed by atoms with Crippen LogP contribution in [0.25, 0.3) is 10.9 Å². The SMILES string of the molecule is CCNc1nc2c(OC)cc(Cl)c(C)c2cc1C. The summed E-state index contributed by atoms with van der Waals surface area (Å²) in [5.41, 5.74) is 2.99. The van der Waals surface area contributed by atoms with Crippen molar-refractivity contribution in [2.75, 3.05) is 19.0 Å². The van der Waals surface area contributed by atoms with E-state index >= 15 is 0 Å². The predicted octanol–water partition coefficient (Wildman–Crippen LogP) is 3.95. The molecule has 0 spiro atoms. The molecule has 0 saturated carbocycles. The van der Waals surface area contributed by atoms with Crippen LogP contribution in [0.3, 0.4) is 0 Å². The molecule has 0 bridgehead atoms. The maximum absolute atomic E-state index is 6.20. The highest BCUT2D eigenvalue weighted by atomic mass is 35.5. The molecule has 4 heteroatoms. The van der Waals surface area contributed by atoms with E-state index in [4.69, 9.17) is 16.3 Å². The van der Waals surface area contributed by atoms with Gasteiger partial charge in [-0.05, 0) is 38.0 Å². The summed E-state index contributed by atoms with van der Waals surface area (Å²) in [5, 5.41) is 5.00. The van der Waals surface area contributed by atoms with Gasteiger partial charge in [0.1, 0.15) is 17.1 Å². The first-order valence-electron chi connectivity index (χ1n) is 5.96. The lowest BCUT2D eigenvalue weighted by Gasteiger charge is -2.13. The zero-order valence-electron chi connectivity index (χ0n) is 11.1. The number of pyridine rings is 1. The molecule has 0 atom stereocenters. The van der Waals surface area contributed by atoms with Gasteiger partial charge in [0.05, 0.1) is 7.11 Å². The lowest BCUT2D eigenvalue weighted by molar-refractivity contribution is 0.419. The van der Waals surface area contributed by atoms with Crippen LogP contribution in [-0.4, -0.2) is 18.6 Å². The molecule has 1 aromatic carbocycles. The van der Waals surface area contributed by atoms with Gasteiger partial charge in [0, 0.05) is 23.0 Å². The number of halogens is 1. The van der Waals surface area contributed by atoms with E-state index in [0.717, 1.165) is 34.4 Å². The van der Waals surface area contributed by atoms with Crippen molar-refractivity contribution in [1.82, 2.24) is 4.98 Å². The number of aryl methyl sites for hydroxylation is 2. The molecule has 0 radical (unpaired) electrons. The van der Waals surface area contributed by atoms with Crippen LogP contribution in [0, 0.1) is 13.8 Å². The Morgan fingerprint density at radius 1 is 1.33 bits per heavy atom. The van der Waals surface area contributed by atoms with Crippen molar-refractivity contribution in [1.29, 1.82) is 0 Å². The van der Waals surface area contributed by atoms with E-state index in [2.05, 4.69) is 23.3 Å². The molecular formula is C14H17ClN2O. The largest absolute Gasteiger partial charge is 0.494 e. The van der Waals surface area contributed by atoms with Crippen LogP contribution in [0.1, 0.15) is 18.1 Å². The van der Waals surface area contributed by atoms with Crippen molar-refractivity contribution in [3.63, 3.8) is 0 Å². The Morgan fingerprint density at radius 2 is 2.06 bits per heavy atom. The molecule has 0 aliphatic heterocycles. The van der Waals surface area contributed by atoms with Gasteiger partial charge in [-0.1, -0.05) is 11.6 Å². The van der Waals surface area contributed by atoms with Crippen LogP contribution in [0.15, 0.2) is 12.1 Å². The topological polar surface area (TPSA) is 34.2 Å². The van der Waals surface area contributed by atoms with Gasteiger partial charge in [-0.25, -0.2) is 4.98 Å². The molecule has 1 heterocycles. The number of aromatic nitrogens is 1. The lowest BCUT2D eigenvalue weighted by Crippen LogP contribution is -2.03. The molecule has 0 unspecified atom stereocenters. The third kappa shape index (κ3) is 2.10. The van der Waals surface area contributed by atoms with Crippen LogP contribution >= 0.6 is 11.6 Å². The van der Waals surface area contributed by atoms with Crippen LogP contribution < -0.4 is 10.1 Å². The molecule has 1 N–H and O–H groups in total. The third-order valence-corrected chi connectivity index (χ3v) is 3.42. The van der Waals surface area contributed by atoms with Crippen molar-refractivity contribution < 1.29 is 4.74 Å². The number of fused-ring (bicyclic) bond motifs is 1. The van der Waals surface area contributed by atoms with E-state index in [1.165, 1.54) is 0 Å². The second-order valence-corrected chi connectivity index (χ2v) is 4.67. The summed E-state index contributed by atoms with van der Waals surface area (Å²) >= 11 is 6.20. The van der Waals surface area contributed by atoms with Gasteiger partial charge in [-0.15, -0.1) is 0 Å². The summed E-state index contributed by atoms with van der Waals surface area (Å²) in [6, 6.07) is 3.92. The molecule has 0 aliphatic carbocycles. The molecule has 1 aromatic heterocycles. The van der Waals surface area contributed by atoms with E-state index < -0.39 is 0 Å². The summed E-state index contributed by atoms with van der Waals surface area (Å²) in [5.74, 6) is 1.60. The lowest BCUT2D eigenvalue weighted by atomic mass is 10.1. The molecule has 2 aromatic rings. The minimum Gasteiger partial charge on any atom is -0.494 e. The summed E-state index contributed by atoms with van der Waals surface area (Å²) in [6.45, 7) is 6.93. The number of ether oxygens (including phenoxy) is 1. The van der Waals surface area contributed by atoms with Gasteiger partial charge >= 0.3 is 0 Å². The number of methoxy groups -OCH3 is 1. The maximum Gasteiger partial charge on any atom is 0.146 e. The van der Waals surface area contributed by atoms with Gasteiger partial charge in [-0.3, -0.25) is 0 Å². The Hall–Kier alpha value is -1.48. The number of hydrogen-bond donors (Lipinski definition) is 1. The number of nitrogens with zero attached hydrogens (tertiary/aromatic N) is 1. The average Bonchev–Trinajstić information content (AvgIpc) is 2.36. The van der Waals surface area contributed by atoms with E-state index in [1.54, 1.807) is 7.11 Å². The van der Waals surface area contributed by atoms with Gasteiger partial charge in [0.2, 0.25) is 0 Å². The standard InChI is InChI=1S/C14H17ClN2O/c1-5-16-14-8(2)6-10-9(3)11(15)7-12(18-4)13(10)17-14/h6-7H,5H2,1-4H3,(H,16,17). The molecular weight excluding hydrogens is 248 g/mol. The van der Waals surface area contributed by atoms with Crippen molar-refractivity contribution >= 4 is 28.3 Å². The van der Waals surface area contributed by atoms with E-state index in [0.29, 0.717) is 10.8 Å². The first-order chi connectivity index (χ1) is 8.58. The fraction of sp³-hybridized carbons (Fsp3) is 0.357. The Balaban J connectivity index is 2.78. The summed E-state index contributed by atoms with van der Waals surface area (Å²) in [7, 11) is 1.63. The quantitative estimate of drug-likeness (QED) is 0.912. The monoisotopic (exact) mass is 264 g/mol. The van der Waals surface area contributed by atoms with Gasteiger partial charge in [0.25, 0.3) is 0 Å². The second-order valence-electron chi connectivity index (χ2n) is 4.27. The number of hydrogen-bond acceptors (Lipinski definition) is 3. The van der Waals surface area contributed by atoms with Gasteiger partial charge < -0.3 is 10.1 Å². The van der Waals surface area contributed by atoms with Crippen LogP contribution in [-0.2, 0) is 0 Å². The van der Waals surface area contributed by atoms with Crippen molar-refractivity contribution in [3.05, 3.63) is 28.3 Å². The highest BCUT2D eigenvalue weighted by Gasteiger charge is 2.12. The number of rotatable bonds is 3. The fourth-order valence-electron chi connectivity index (χ4n) is 2.01. The molecule has 2 rings (SSSR count). The fourth-order valence-corrected chi connectivity index (χ4v) is 2.21. The summed E-state index contributed by atoms with van der Waals surface area (Å²) in [4.78, 5) is 4.64. The van der Waals surface area contributed by atoms with Gasteiger partial charge in [-0.2, -0.15) is 0 Å². The van der Waals surface area contributed by atoms with Gasteiger partial charge in [0.15, 0.2) is 0 Å². The molecule has 18 heavy (non-hydrogen) atoms. The summed E-state index contributed by atoms with van der Waals surface area (Å²) < 4.78 is 5.36. The Kier molecular flexibility index (Phi) is 3.62.